The zero-order valence-electron chi connectivity index (χ0n) is 32.4. The maximum absolute atomic E-state index is 12.7. The first-order valence-electron chi connectivity index (χ1n) is 20.4. The van der Waals surface area contributed by atoms with E-state index in [0.717, 1.165) is 67.6 Å². The third-order valence-corrected chi connectivity index (χ3v) is 13.7. The maximum Gasteiger partial charge on any atom is 0.407 e. The summed E-state index contributed by atoms with van der Waals surface area (Å²) >= 11 is 0. The average Bonchev–Trinajstić information content (AvgIpc) is 3.44. The molecule has 9 heteroatoms. The van der Waals surface area contributed by atoms with Gasteiger partial charge in [0, 0.05) is 38.6 Å². The number of carbonyl (C=O) groups excluding carboxylic acids is 4. The van der Waals surface area contributed by atoms with E-state index in [0.29, 0.717) is 24.8 Å². The number of carbonyl (C=O) groups is 5. The number of unbranched alkanes of at least 4 members (excludes halogenated alkanes) is 2. The highest BCUT2D eigenvalue weighted by molar-refractivity contribution is 5.89. The quantitative estimate of drug-likeness (QED) is 0.0849. The number of alkyl carbamates (subject to hydrolysis) is 1. The van der Waals surface area contributed by atoms with Gasteiger partial charge in [0.25, 0.3) is 0 Å². The Kier molecular flexibility index (Phi) is 15.2. The van der Waals surface area contributed by atoms with E-state index in [1.807, 2.05) is 0 Å². The summed E-state index contributed by atoms with van der Waals surface area (Å²) in [5.74, 6) is 3.07. The molecule has 0 saturated heterocycles. The van der Waals surface area contributed by atoms with Gasteiger partial charge in [0.15, 0.2) is 5.78 Å². The van der Waals surface area contributed by atoms with Crippen LogP contribution in [0.1, 0.15) is 157 Å². The highest BCUT2D eigenvalue weighted by Crippen LogP contribution is 2.67. The normalized spacial score (nSPS) is 30.3. The third kappa shape index (κ3) is 11.1. The minimum atomic E-state index is -1.06. The van der Waals surface area contributed by atoms with Crippen LogP contribution in [0, 0.1) is 46.3 Å². The van der Waals surface area contributed by atoms with Gasteiger partial charge in [0.1, 0.15) is 11.9 Å². The predicted molar refractivity (Wildman–Crippen MR) is 199 cm³/mol. The topological polar surface area (TPSA) is 139 Å². The molecule has 0 aromatic rings. The van der Waals surface area contributed by atoms with Crippen molar-refractivity contribution in [1.82, 2.24) is 10.6 Å². The van der Waals surface area contributed by atoms with Gasteiger partial charge in [0.05, 0.1) is 13.0 Å². The minimum Gasteiger partial charge on any atom is -0.481 e. The molecule has 3 N–H and O–H groups in total. The Morgan fingerprint density at radius 2 is 1.59 bits per heavy atom. The minimum absolute atomic E-state index is 0.00932. The molecule has 0 bridgehead atoms. The fourth-order valence-electron chi connectivity index (χ4n) is 10.8. The fourth-order valence-corrected chi connectivity index (χ4v) is 10.8. The van der Waals surface area contributed by atoms with E-state index in [9.17, 15) is 24.0 Å². The molecule has 4 rings (SSSR count). The van der Waals surface area contributed by atoms with E-state index in [1.54, 1.807) is 0 Å². The number of carboxylic acid groups (broad SMARTS) is 1. The van der Waals surface area contributed by atoms with E-state index in [1.165, 1.54) is 56.9 Å². The van der Waals surface area contributed by atoms with Gasteiger partial charge >= 0.3 is 12.1 Å². The van der Waals surface area contributed by atoms with Gasteiger partial charge in [-0.3, -0.25) is 19.2 Å². The van der Waals surface area contributed by atoms with Crippen molar-refractivity contribution in [1.29, 1.82) is 0 Å². The lowest BCUT2D eigenvalue weighted by Gasteiger charge is -2.58. The van der Waals surface area contributed by atoms with Crippen molar-refractivity contribution in [3.05, 3.63) is 11.6 Å². The van der Waals surface area contributed by atoms with E-state index >= 15 is 0 Å². The van der Waals surface area contributed by atoms with Crippen LogP contribution in [0.2, 0.25) is 0 Å². The molecule has 1 unspecified atom stereocenters. The monoisotopic (exact) mass is 713 g/mol. The van der Waals surface area contributed by atoms with Crippen molar-refractivity contribution in [3.63, 3.8) is 0 Å². The number of amides is 2. The first kappa shape index (κ1) is 41.1. The highest BCUT2D eigenvalue weighted by Gasteiger charge is 2.59. The van der Waals surface area contributed by atoms with Crippen LogP contribution in [-0.4, -0.2) is 53.8 Å². The summed E-state index contributed by atoms with van der Waals surface area (Å²) in [7, 11) is 0. The van der Waals surface area contributed by atoms with Gasteiger partial charge in [-0.2, -0.15) is 0 Å². The summed E-state index contributed by atoms with van der Waals surface area (Å²) in [5.41, 5.74) is 2.24. The first-order valence-corrected chi connectivity index (χ1v) is 20.4. The largest absolute Gasteiger partial charge is 0.481 e. The molecule has 0 spiro atoms. The highest BCUT2D eigenvalue weighted by atomic mass is 16.6. The van der Waals surface area contributed by atoms with Crippen molar-refractivity contribution in [2.45, 2.75) is 163 Å². The molecule has 0 aromatic heterocycles. The molecule has 8 atom stereocenters. The van der Waals surface area contributed by atoms with Gasteiger partial charge in [-0.15, -0.1) is 0 Å². The summed E-state index contributed by atoms with van der Waals surface area (Å²) in [5, 5.41) is 14.0. The molecule has 9 nitrogen and oxygen atoms in total. The van der Waals surface area contributed by atoms with Gasteiger partial charge in [-0.1, -0.05) is 72.0 Å². The second-order valence-corrected chi connectivity index (χ2v) is 17.5. The fraction of sp³-hybridized carbons (Fsp3) is 0.833. The molecule has 0 radical (unpaired) electrons. The Bertz CT molecular complexity index is 1260. The number of ketones is 2. The lowest BCUT2D eigenvalue weighted by molar-refractivity contribution is -0.138. The second-order valence-electron chi connectivity index (χ2n) is 17.5. The summed E-state index contributed by atoms with van der Waals surface area (Å²) in [6, 6.07) is 0. The standard InChI is InChI=1S/C42H68N2O7/c1-28(2)10-9-11-29(3)35-17-18-36-34-16-13-30-26-33(21-23-41(30,4)37(34)22-24-42(35,36)5)51-40(50)43-25-8-6-7-12-31(45)14-19-38(47)44-27-32(46)15-20-39(48)49/h13,28-29,33-37H,6-12,14-27H2,1-5H3,(H,43,50)(H,44,47)(H,48,49)/t29-,33?,34+,35-,36+,37+,41+,42-/m1/s1. The van der Waals surface area contributed by atoms with Crippen LogP contribution in [0.5, 0.6) is 0 Å². The zero-order valence-corrected chi connectivity index (χ0v) is 32.4. The van der Waals surface area contributed by atoms with Crippen molar-refractivity contribution in [2.24, 2.45) is 46.3 Å². The Hall–Kier alpha value is -2.71. The van der Waals surface area contributed by atoms with Gasteiger partial charge < -0.3 is 20.5 Å². The molecule has 0 aliphatic heterocycles. The number of allylic oxidation sites excluding steroid dienone is 1. The van der Waals surface area contributed by atoms with Crippen molar-refractivity contribution < 1.29 is 33.8 Å². The summed E-state index contributed by atoms with van der Waals surface area (Å²) in [4.78, 5) is 58.8. The molecular weight excluding hydrogens is 644 g/mol. The van der Waals surface area contributed by atoms with Crippen LogP contribution in [0.4, 0.5) is 4.79 Å². The lowest BCUT2D eigenvalue weighted by Crippen LogP contribution is -2.51. The first-order chi connectivity index (χ1) is 24.2. The van der Waals surface area contributed by atoms with Crippen molar-refractivity contribution in [3.8, 4) is 0 Å². The van der Waals surface area contributed by atoms with E-state index in [4.69, 9.17) is 9.84 Å². The Balaban J connectivity index is 1.11. The molecule has 4 aliphatic rings. The molecular formula is C42H68N2O7. The predicted octanol–water partition coefficient (Wildman–Crippen LogP) is 8.58. The molecule has 51 heavy (non-hydrogen) atoms. The second kappa shape index (κ2) is 18.9. The van der Waals surface area contributed by atoms with Crippen LogP contribution < -0.4 is 10.6 Å². The number of fused-ring (bicyclic) bond motifs is 5. The Morgan fingerprint density at radius 1 is 0.824 bits per heavy atom. The summed E-state index contributed by atoms with van der Waals surface area (Å²) in [6.45, 7) is 12.7. The van der Waals surface area contributed by atoms with Gasteiger partial charge in [-0.25, -0.2) is 4.79 Å². The van der Waals surface area contributed by atoms with Crippen LogP contribution in [0.3, 0.4) is 0 Å². The number of rotatable bonds is 20. The SMILES string of the molecule is CC(C)CCC[C@@H](C)[C@H]1CC[C@H]2[C@@H]3CC=C4CC(OC(=O)NCCCCCC(=O)CCC(=O)NCC(=O)CCC(=O)O)CC[C@]4(C)[C@H]3CC[C@]12C. The third-order valence-electron chi connectivity index (χ3n) is 13.7. The summed E-state index contributed by atoms with van der Waals surface area (Å²) < 4.78 is 5.92. The van der Waals surface area contributed by atoms with Crippen molar-refractivity contribution in [2.75, 3.05) is 13.1 Å². The number of ether oxygens (including phenoxy) is 1. The molecule has 3 fully saturated rings. The average molecular weight is 713 g/mol. The van der Waals surface area contributed by atoms with E-state index in [2.05, 4.69) is 51.3 Å². The van der Waals surface area contributed by atoms with Gasteiger partial charge in [0.2, 0.25) is 5.91 Å². The van der Waals surface area contributed by atoms with Crippen LogP contribution in [0.25, 0.3) is 0 Å². The van der Waals surface area contributed by atoms with E-state index in [-0.39, 0.29) is 61.4 Å². The Labute approximate surface area is 307 Å². The number of nitrogens with one attached hydrogen (secondary N) is 2. The summed E-state index contributed by atoms with van der Waals surface area (Å²) in [6.07, 6.45) is 18.1. The van der Waals surface area contributed by atoms with Crippen molar-refractivity contribution >= 4 is 29.5 Å². The molecule has 3 saturated carbocycles. The van der Waals surface area contributed by atoms with Crippen LogP contribution >= 0.6 is 0 Å². The maximum atomic E-state index is 12.7. The van der Waals surface area contributed by atoms with E-state index < -0.39 is 11.9 Å². The number of Topliss-reactive ketones (excluding diaryl/α,β-unsaturated/α-hetero) is 2. The van der Waals surface area contributed by atoms with Gasteiger partial charge in [-0.05, 0) is 104 Å². The lowest BCUT2D eigenvalue weighted by atomic mass is 9.47. The zero-order chi connectivity index (χ0) is 37.2. The number of carboxylic acids is 1. The molecule has 0 heterocycles. The number of hydrogen-bond donors (Lipinski definition) is 3. The Morgan fingerprint density at radius 3 is 2.33 bits per heavy atom. The molecule has 288 valence electrons. The van der Waals surface area contributed by atoms with Crippen LogP contribution in [0.15, 0.2) is 11.6 Å². The molecule has 2 amide bonds. The molecule has 0 aromatic carbocycles. The number of aliphatic carboxylic acids is 1. The smallest absolute Gasteiger partial charge is 0.407 e. The molecule has 4 aliphatic carbocycles. The van der Waals surface area contributed by atoms with Crippen LogP contribution in [-0.2, 0) is 23.9 Å². The number of hydrogen-bond acceptors (Lipinski definition) is 6.